The number of allylic oxidation sites excluding steroid dienone is 9. The van der Waals surface area contributed by atoms with Crippen molar-refractivity contribution in [3.05, 3.63) is 58.7 Å². The van der Waals surface area contributed by atoms with E-state index in [1.54, 1.807) is 11.1 Å². The van der Waals surface area contributed by atoms with Crippen molar-refractivity contribution in [1.29, 1.82) is 0 Å². The van der Waals surface area contributed by atoms with E-state index in [4.69, 9.17) is 0 Å². The summed E-state index contributed by atoms with van der Waals surface area (Å²) in [5, 5.41) is 0. The molecule has 0 aromatic rings. The van der Waals surface area contributed by atoms with E-state index in [0.717, 1.165) is 6.42 Å². The number of hydrogen-bond acceptors (Lipinski definition) is 0. The highest BCUT2D eigenvalue weighted by atomic mass is 14.4. The van der Waals surface area contributed by atoms with E-state index < -0.39 is 0 Å². The average Bonchev–Trinajstić information content (AvgIpc) is 2.60. The predicted octanol–water partition coefficient (Wildman–Crippen LogP) is 3.32. The van der Waals surface area contributed by atoms with E-state index in [-0.39, 0.29) is 0 Å². The van der Waals surface area contributed by atoms with Crippen molar-refractivity contribution in [2.45, 2.75) is 13.3 Å². The van der Waals surface area contributed by atoms with Gasteiger partial charge in [-0.1, -0.05) is 37.8 Å². The Morgan fingerprint density at radius 1 is 1.46 bits per heavy atom. The lowest BCUT2D eigenvalue weighted by molar-refractivity contribution is 1.07. The molecule has 0 bridgehead atoms. The molecule has 1 unspecified atom stereocenters. The summed E-state index contributed by atoms with van der Waals surface area (Å²) in [7, 11) is 0. The van der Waals surface area contributed by atoms with Gasteiger partial charge in [0.15, 0.2) is 0 Å². The van der Waals surface area contributed by atoms with Crippen LogP contribution in [0.5, 0.6) is 0 Å². The van der Waals surface area contributed by atoms with E-state index in [1.807, 2.05) is 0 Å². The van der Waals surface area contributed by atoms with Gasteiger partial charge >= 0.3 is 0 Å². The fourth-order valence-corrected chi connectivity index (χ4v) is 2.34. The average molecular weight is 168 g/mol. The molecule has 0 aromatic heterocycles. The Labute approximate surface area is 78.7 Å². The molecule has 0 saturated heterocycles. The Bertz CT molecular complexity index is 425. The highest BCUT2D eigenvalue weighted by Gasteiger charge is 2.37. The Morgan fingerprint density at radius 3 is 3.15 bits per heavy atom. The molecule has 13 heavy (non-hydrogen) atoms. The Hall–Kier alpha value is -1.30. The molecule has 1 fully saturated rings. The minimum atomic E-state index is 0.703. The van der Waals surface area contributed by atoms with E-state index in [0.29, 0.717) is 5.92 Å². The van der Waals surface area contributed by atoms with Crippen LogP contribution in [0.15, 0.2) is 58.7 Å². The summed E-state index contributed by atoms with van der Waals surface area (Å²) in [4.78, 5) is 0. The van der Waals surface area contributed by atoms with Crippen LogP contribution in [-0.4, -0.2) is 0 Å². The fraction of sp³-hybridized carbons (Fsp3) is 0.231. The van der Waals surface area contributed by atoms with E-state index in [1.165, 1.54) is 16.7 Å². The first kappa shape index (κ1) is 7.14. The van der Waals surface area contributed by atoms with Crippen LogP contribution in [-0.2, 0) is 0 Å². The zero-order valence-electron chi connectivity index (χ0n) is 7.80. The molecule has 0 aliphatic heterocycles. The summed E-state index contributed by atoms with van der Waals surface area (Å²) in [6.07, 6.45) is 9.91. The second-order valence-electron chi connectivity index (χ2n) is 3.96. The maximum Gasteiger partial charge on any atom is 0.00701 e. The first-order valence-electron chi connectivity index (χ1n) is 4.80. The van der Waals surface area contributed by atoms with Gasteiger partial charge in [-0.05, 0) is 34.3 Å². The second kappa shape index (κ2) is 2.14. The van der Waals surface area contributed by atoms with Crippen LogP contribution in [0.1, 0.15) is 13.3 Å². The highest BCUT2D eigenvalue weighted by Crippen LogP contribution is 2.52. The maximum atomic E-state index is 4.11. The molecule has 0 amide bonds. The van der Waals surface area contributed by atoms with Crippen LogP contribution in [0.25, 0.3) is 0 Å². The summed E-state index contributed by atoms with van der Waals surface area (Å²) in [5.41, 5.74) is 7.16. The predicted molar refractivity (Wildman–Crippen MR) is 55.3 cm³/mol. The summed E-state index contributed by atoms with van der Waals surface area (Å²) in [6, 6.07) is 0. The van der Waals surface area contributed by atoms with Crippen molar-refractivity contribution in [2.24, 2.45) is 5.92 Å². The topological polar surface area (TPSA) is 0 Å². The molecule has 0 heteroatoms. The van der Waals surface area contributed by atoms with Crippen LogP contribution < -0.4 is 0 Å². The minimum Gasteiger partial charge on any atom is -0.0949 e. The molecule has 0 N–H and O–H groups in total. The molecule has 0 heterocycles. The third kappa shape index (κ3) is 0.806. The van der Waals surface area contributed by atoms with E-state index in [9.17, 15) is 0 Å². The summed E-state index contributed by atoms with van der Waals surface area (Å²) < 4.78 is 0. The van der Waals surface area contributed by atoms with Gasteiger partial charge in [0, 0.05) is 5.92 Å². The lowest BCUT2D eigenvalue weighted by Crippen LogP contribution is -1.87. The third-order valence-electron chi connectivity index (χ3n) is 3.18. The molecule has 3 aliphatic rings. The van der Waals surface area contributed by atoms with Crippen molar-refractivity contribution in [2.75, 3.05) is 0 Å². The van der Waals surface area contributed by atoms with Gasteiger partial charge in [-0.3, -0.25) is 0 Å². The Morgan fingerprint density at radius 2 is 2.31 bits per heavy atom. The van der Waals surface area contributed by atoms with Crippen molar-refractivity contribution in [3.8, 4) is 0 Å². The quantitative estimate of drug-likeness (QED) is 0.520. The molecule has 3 aliphatic carbocycles. The monoisotopic (exact) mass is 168 g/mol. The second-order valence-corrected chi connectivity index (χ2v) is 3.96. The Kier molecular flexibility index (Phi) is 1.17. The van der Waals surface area contributed by atoms with Crippen LogP contribution in [0, 0.1) is 5.92 Å². The lowest BCUT2D eigenvalue weighted by Gasteiger charge is -2.04. The molecule has 0 aromatic carbocycles. The number of hydrogen-bond donors (Lipinski definition) is 0. The van der Waals surface area contributed by atoms with Gasteiger partial charge in [-0.25, -0.2) is 0 Å². The minimum absolute atomic E-state index is 0.703. The summed E-state index contributed by atoms with van der Waals surface area (Å²) in [6.45, 7) is 6.39. The summed E-state index contributed by atoms with van der Waals surface area (Å²) >= 11 is 0. The lowest BCUT2D eigenvalue weighted by atomic mass is 9.99. The first-order valence-corrected chi connectivity index (χ1v) is 4.80. The van der Waals surface area contributed by atoms with E-state index >= 15 is 0 Å². The van der Waals surface area contributed by atoms with Gasteiger partial charge in [0.05, 0.1) is 0 Å². The first-order chi connectivity index (χ1) is 6.29. The van der Waals surface area contributed by atoms with Gasteiger partial charge < -0.3 is 0 Å². The van der Waals surface area contributed by atoms with Gasteiger partial charge in [-0.15, -0.1) is 0 Å². The van der Waals surface area contributed by atoms with Crippen LogP contribution >= 0.6 is 0 Å². The number of rotatable bonds is 0. The van der Waals surface area contributed by atoms with Crippen molar-refractivity contribution in [1.82, 2.24) is 0 Å². The molecule has 0 nitrogen and oxygen atoms in total. The maximum absolute atomic E-state index is 4.11. The van der Waals surface area contributed by atoms with Crippen LogP contribution in [0.2, 0.25) is 0 Å². The van der Waals surface area contributed by atoms with Crippen molar-refractivity contribution < 1.29 is 0 Å². The largest absolute Gasteiger partial charge is 0.0949 e. The molecule has 0 radical (unpaired) electrons. The smallest absolute Gasteiger partial charge is 0.00701 e. The van der Waals surface area contributed by atoms with Crippen LogP contribution in [0.3, 0.4) is 0 Å². The van der Waals surface area contributed by atoms with Crippen molar-refractivity contribution >= 4 is 0 Å². The molecule has 1 saturated carbocycles. The fourth-order valence-electron chi connectivity index (χ4n) is 2.34. The molecular weight excluding hydrogens is 156 g/mol. The van der Waals surface area contributed by atoms with E-state index in [2.05, 4.69) is 37.8 Å². The van der Waals surface area contributed by atoms with Gasteiger partial charge in [0.25, 0.3) is 0 Å². The molecule has 3 rings (SSSR count). The van der Waals surface area contributed by atoms with Gasteiger partial charge in [0.2, 0.25) is 0 Å². The molecule has 1 atom stereocenters. The zero-order valence-corrected chi connectivity index (χ0v) is 7.80. The zero-order chi connectivity index (χ0) is 9.00. The molecular formula is C13H12. The standard InChI is InChI=1S/C13H12/c1-8-6-7-11-9(2)13(11)12-5-3-4-10(8)12/h3-5,7,9H,1,6H2,2H3. The molecule has 0 spiro atoms. The molecule has 64 valence electrons. The summed E-state index contributed by atoms with van der Waals surface area (Å²) in [5.74, 6) is 0.703. The van der Waals surface area contributed by atoms with Crippen molar-refractivity contribution in [3.63, 3.8) is 0 Å². The SMILES string of the molecule is C=C1CC=C2C(=C3C=CC=C13)C2C. The normalized spacial score (nSPS) is 29.3. The van der Waals surface area contributed by atoms with Gasteiger partial charge in [0.1, 0.15) is 0 Å². The van der Waals surface area contributed by atoms with Crippen LogP contribution in [0.4, 0.5) is 0 Å². The Balaban J connectivity index is 2.23. The third-order valence-corrected chi connectivity index (χ3v) is 3.18. The number of fused-ring (bicyclic) bond motifs is 2. The van der Waals surface area contributed by atoms with Gasteiger partial charge in [-0.2, -0.15) is 0 Å². The highest BCUT2D eigenvalue weighted by molar-refractivity contribution is 5.72.